The molecule has 0 atom stereocenters. The molecule has 25 heavy (non-hydrogen) atoms. The van der Waals surface area contributed by atoms with Gasteiger partial charge >= 0.3 is 6.18 Å². The molecule has 1 amide bonds. The second-order valence-corrected chi connectivity index (χ2v) is 5.97. The molecular weight excluding hydrogens is 335 g/mol. The largest absolute Gasteiger partial charge is 0.451 e. The number of amides is 1. The number of anilines is 1. The molecule has 0 aliphatic carbocycles. The molecule has 1 aromatic carbocycles. The molecular formula is C16H18F3N5O. The summed E-state index contributed by atoms with van der Waals surface area (Å²) < 4.78 is 39.4. The number of carbonyl (C=O) groups excluding carboxylic acids is 1. The molecule has 3 rings (SSSR count). The SMILES string of the molecule is NC(=O)CN1CCCN(c2nc(C(F)(F)F)nc3ccccc23)CC1. The fourth-order valence-corrected chi connectivity index (χ4v) is 2.99. The Morgan fingerprint density at radius 3 is 2.60 bits per heavy atom. The number of hydrogen-bond donors (Lipinski definition) is 1. The van der Waals surface area contributed by atoms with Crippen molar-refractivity contribution in [2.24, 2.45) is 5.73 Å². The Hall–Kier alpha value is -2.42. The van der Waals surface area contributed by atoms with Gasteiger partial charge in [-0.25, -0.2) is 9.97 Å². The van der Waals surface area contributed by atoms with Gasteiger partial charge in [-0.05, 0) is 18.6 Å². The number of carbonyl (C=O) groups is 1. The molecule has 1 aliphatic rings. The average molecular weight is 353 g/mol. The van der Waals surface area contributed by atoms with E-state index in [0.29, 0.717) is 38.0 Å². The lowest BCUT2D eigenvalue weighted by molar-refractivity contribution is -0.144. The zero-order chi connectivity index (χ0) is 18.0. The summed E-state index contributed by atoms with van der Waals surface area (Å²) in [6.45, 7) is 2.35. The van der Waals surface area contributed by atoms with Gasteiger partial charge in [0.15, 0.2) is 0 Å². The highest BCUT2D eigenvalue weighted by molar-refractivity contribution is 5.89. The Bertz CT molecular complexity index is 780. The van der Waals surface area contributed by atoms with Crippen molar-refractivity contribution < 1.29 is 18.0 Å². The molecule has 2 N–H and O–H groups in total. The predicted octanol–water partition coefficient (Wildman–Crippen LogP) is 1.65. The normalized spacial score (nSPS) is 16.8. The van der Waals surface area contributed by atoms with Crippen molar-refractivity contribution in [2.75, 3.05) is 37.6 Å². The average Bonchev–Trinajstić information content (AvgIpc) is 2.78. The lowest BCUT2D eigenvalue weighted by Crippen LogP contribution is -2.37. The third-order valence-electron chi connectivity index (χ3n) is 4.10. The number of nitrogens with zero attached hydrogens (tertiary/aromatic N) is 4. The third-order valence-corrected chi connectivity index (χ3v) is 4.10. The summed E-state index contributed by atoms with van der Waals surface area (Å²) in [6.07, 6.45) is -3.91. The molecule has 1 aromatic heterocycles. The highest BCUT2D eigenvalue weighted by Crippen LogP contribution is 2.32. The number of alkyl halides is 3. The van der Waals surface area contributed by atoms with Gasteiger partial charge in [-0.3, -0.25) is 9.69 Å². The Kier molecular flexibility index (Phi) is 4.76. The number of primary amides is 1. The number of aromatic nitrogens is 2. The maximum Gasteiger partial charge on any atom is 0.451 e. The van der Waals surface area contributed by atoms with Gasteiger partial charge in [0, 0.05) is 31.6 Å². The van der Waals surface area contributed by atoms with Crippen LogP contribution in [0.15, 0.2) is 24.3 Å². The number of halogens is 3. The van der Waals surface area contributed by atoms with E-state index < -0.39 is 17.9 Å². The van der Waals surface area contributed by atoms with Crippen LogP contribution in [-0.2, 0) is 11.0 Å². The molecule has 0 bridgehead atoms. The molecule has 2 aromatic rings. The second-order valence-electron chi connectivity index (χ2n) is 5.97. The fraction of sp³-hybridized carbons (Fsp3) is 0.438. The quantitative estimate of drug-likeness (QED) is 0.908. The number of benzene rings is 1. The Balaban J connectivity index is 1.95. The van der Waals surface area contributed by atoms with Gasteiger partial charge in [-0.15, -0.1) is 0 Å². The van der Waals surface area contributed by atoms with Gasteiger partial charge in [0.2, 0.25) is 11.7 Å². The van der Waals surface area contributed by atoms with Crippen molar-refractivity contribution in [3.63, 3.8) is 0 Å². The monoisotopic (exact) mass is 353 g/mol. The fourth-order valence-electron chi connectivity index (χ4n) is 2.99. The summed E-state index contributed by atoms with van der Waals surface area (Å²) in [5.41, 5.74) is 5.48. The van der Waals surface area contributed by atoms with E-state index in [9.17, 15) is 18.0 Å². The summed E-state index contributed by atoms with van der Waals surface area (Å²) >= 11 is 0. The highest BCUT2D eigenvalue weighted by atomic mass is 19.4. The van der Waals surface area contributed by atoms with Crippen LogP contribution < -0.4 is 10.6 Å². The van der Waals surface area contributed by atoms with Crippen LogP contribution in [0.2, 0.25) is 0 Å². The zero-order valence-electron chi connectivity index (χ0n) is 13.5. The van der Waals surface area contributed by atoms with Crippen molar-refractivity contribution in [3.05, 3.63) is 30.1 Å². The number of para-hydroxylation sites is 1. The van der Waals surface area contributed by atoms with Crippen LogP contribution in [0.3, 0.4) is 0 Å². The Labute approximate surface area is 142 Å². The first-order chi connectivity index (χ1) is 11.8. The van der Waals surface area contributed by atoms with Crippen LogP contribution >= 0.6 is 0 Å². The molecule has 0 unspecified atom stereocenters. The van der Waals surface area contributed by atoms with Crippen molar-refractivity contribution in [2.45, 2.75) is 12.6 Å². The molecule has 9 heteroatoms. The second kappa shape index (κ2) is 6.83. The van der Waals surface area contributed by atoms with Crippen molar-refractivity contribution in [1.29, 1.82) is 0 Å². The van der Waals surface area contributed by atoms with Crippen molar-refractivity contribution in [1.82, 2.24) is 14.9 Å². The summed E-state index contributed by atoms with van der Waals surface area (Å²) in [7, 11) is 0. The molecule has 1 fully saturated rings. The van der Waals surface area contributed by atoms with E-state index in [-0.39, 0.29) is 17.9 Å². The van der Waals surface area contributed by atoms with Gasteiger partial charge in [0.1, 0.15) is 5.82 Å². The summed E-state index contributed by atoms with van der Waals surface area (Å²) in [5, 5.41) is 0.582. The number of nitrogens with two attached hydrogens (primary N) is 1. The van der Waals surface area contributed by atoms with E-state index in [1.165, 1.54) is 0 Å². The lowest BCUT2D eigenvalue weighted by Gasteiger charge is -2.24. The number of hydrogen-bond acceptors (Lipinski definition) is 5. The van der Waals surface area contributed by atoms with E-state index >= 15 is 0 Å². The third kappa shape index (κ3) is 3.98. The molecule has 1 saturated heterocycles. The van der Waals surface area contributed by atoms with Gasteiger partial charge < -0.3 is 10.6 Å². The smallest absolute Gasteiger partial charge is 0.369 e. The van der Waals surface area contributed by atoms with Gasteiger partial charge in [-0.1, -0.05) is 12.1 Å². The standard InChI is InChI=1S/C16H18F3N5O/c17-16(18,19)15-21-12-5-2-1-4-11(12)14(22-15)24-7-3-6-23(8-9-24)10-13(20)25/h1-2,4-5H,3,6-10H2,(H2,20,25). The van der Waals surface area contributed by atoms with E-state index in [1.807, 2.05) is 9.80 Å². The molecule has 0 spiro atoms. The van der Waals surface area contributed by atoms with E-state index in [4.69, 9.17) is 5.73 Å². The molecule has 6 nitrogen and oxygen atoms in total. The molecule has 0 radical (unpaired) electrons. The molecule has 0 saturated carbocycles. The van der Waals surface area contributed by atoms with Gasteiger partial charge in [0.05, 0.1) is 12.1 Å². The molecule has 2 heterocycles. The van der Waals surface area contributed by atoms with Crippen LogP contribution in [0.5, 0.6) is 0 Å². The minimum atomic E-state index is -4.61. The number of fused-ring (bicyclic) bond motifs is 1. The maximum absolute atomic E-state index is 13.1. The van der Waals surface area contributed by atoms with Gasteiger partial charge in [0.25, 0.3) is 0 Å². The van der Waals surface area contributed by atoms with Gasteiger partial charge in [-0.2, -0.15) is 13.2 Å². The topological polar surface area (TPSA) is 75.4 Å². The zero-order valence-corrected chi connectivity index (χ0v) is 13.5. The predicted molar refractivity (Wildman–Crippen MR) is 87.0 cm³/mol. The van der Waals surface area contributed by atoms with Crippen LogP contribution in [0.25, 0.3) is 10.9 Å². The Morgan fingerprint density at radius 1 is 1.12 bits per heavy atom. The highest BCUT2D eigenvalue weighted by Gasteiger charge is 2.36. The van der Waals surface area contributed by atoms with E-state index in [2.05, 4.69) is 9.97 Å². The summed E-state index contributed by atoms with van der Waals surface area (Å²) in [4.78, 5) is 22.2. The first-order valence-electron chi connectivity index (χ1n) is 7.94. The summed E-state index contributed by atoms with van der Waals surface area (Å²) in [6, 6.07) is 6.67. The van der Waals surface area contributed by atoms with E-state index in [1.54, 1.807) is 24.3 Å². The minimum absolute atomic E-state index is 0.145. The van der Waals surface area contributed by atoms with Crippen molar-refractivity contribution in [3.8, 4) is 0 Å². The van der Waals surface area contributed by atoms with Crippen LogP contribution in [-0.4, -0.2) is 53.5 Å². The number of rotatable bonds is 3. The Morgan fingerprint density at radius 2 is 1.88 bits per heavy atom. The maximum atomic E-state index is 13.1. The summed E-state index contributed by atoms with van der Waals surface area (Å²) in [5.74, 6) is -1.28. The molecule has 134 valence electrons. The minimum Gasteiger partial charge on any atom is -0.369 e. The van der Waals surface area contributed by atoms with Crippen LogP contribution in [0.1, 0.15) is 12.2 Å². The van der Waals surface area contributed by atoms with Crippen LogP contribution in [0, 0.1) is 0 Å². The molecule has 1 aliphatic heterocycles. The van der Waals surface area contributed by atoms with Crippen LogP contribution in [0.4, 0.5) is 19.0 Å². The lowest BCUT2D eigenvalue weighted by atomic mass is 10.2. The first-order valence-corrected chi connectivity index (χ1v) is 7.94. The van der Waals surface area contributed by atoms with E-state index in [0.717, 1.165) is 0 Å². The van der Waals surface area contributed by atoms with Crippen molar-refractivity contribution >= 4 is 22.6 Å². The first kappa shape index (κ1) is 17.4.